The van der Waals surface area contributed by atoms with E-state index in [9.17, 15) is 0 Å². The molecule has 1 atom stereocenters. The van der Waals surface area contributed by atoms with Crippen molar-refractivity contribution in [2.24, 2.45) is 0 Å². The average Bonchev–Trinajstić information content (AvgIpc) is 2.42. The van der Waals surface area contributed by atoms with E-state index in [4.69, 9.17) is 4.74 Å². The topological polar surface area (TPSA) is 21.3 Å². The number of benzene rings is 2. The third-order valence-corrected chi connectivity index (χ3v) is 2.86. The lowest BCUT2D eigenvalue weighted by Crippen LogP contribution is -2.12. The molecule has 0 aliphatic carbocycles. The second-order valence-electron chi connectivity index (χ2n) is 4.39. The zero-order valence-corrected chi connectivity index (χ0v) is 10.9. The van der Waals surface area contributed by atoms with E-state index in [2.05, 4.69) is 19.2 Å². The molecule has 0 heterocycles. The first-order valence-corrected chi connectivity index (χ1v) is 6.37. The second-order valence-corrected chi connectivity index (χ2v) is 4.39. The highest BCUT2D eigenvalue weighted by molar-refractivity contribution is 5.47. The first-order valence-electron chi connectivity index (χ1n) is 6.37. The van der Waals surface area contributed by atoms with Gasteiger partial charge in [-0.05, 0) is 49.7 Å². The lowest BCUT2D eigenvalue weighted by atomic mass is 10.2. The van der Waals surface area contributed by atoms with Gasteiger partial charge in [0, 0.05) is 11.7 Å². The summed E-state index contributed by atoms with van der Waals surface area (Å²) in [6, 6.07) is 18.4. The minimum absolute atomic E-state index is 0.492. The molecule has 1 unspecified atom stereocenters. The third kappa shape index (κ3) is 3.52. The summed E-state index contributed by atoms with van der Waals surface area (Å²) in [7, 11) is 0. The van der Waals surface area contributed by atoms with Crippen molar-refractivity contribution < 1.29 is 4.74 Å². The monoisotopic (exact) mass is 241 g/mol. The Kier molecular flexibility index (Phi) is 4.24. The molecule has 0 bridgehead atoms. The zero-order valence-electron chi connectivity index (χ0n) is 10.9. The van der Waals surface area contributed by atoms with E-state index in [1.807, 2.05) is 54.6 Å². The Bertz CT molecular complexity index is 464. The van der Waals surface area contributed by atoms with Gasteiger partial charge < -0.3 is 10.1 Å². The number of ether oxygens (including phenoxy) is 1. The number of hydrogen-bond acceptors (Lipinski definition) is 2. The maximum absolute atomic E-state index is 5.74. The van der Waals surface area contributed by atoms with Gasteiger partial charge in [-0.25, -0.2) is 0 Å². The van der Waals surface area contributed by atoms with Gasteiger partial charge in [0.05, 0.1) is 0 Å². The van der Waals surface area contributed by atoms with Crippen LogP contribution in [0.4, 0.5) is 5.69 Å². The Morgan fingerprint density at radius 2 is 1.56 bits per heavy atom. The highest BCUT2D eigenvalue weighted by Crippen LogP contribution is 2.22. The summed E-state index contributed by atoms with van der Waals surface area (Å²) in [5.74, 6) is 1.72. The Balaban J connectivity index is 2.00. The maximum atomic E-state index is 5.74. The summed E-state index contributed by atoms with van der Waals surface area (Å²) in [4.78, 5) is 0. The van der Waals surface area contributed by atoms with Crippen molar-refractivity contribution in [3.63, 3.8) is 0 Å². The van der Waals surface area contributed by atoms with Crippen LogP contribution in [0.5, 0.6) is 11.5 Å². The molecule has 2 aromatic rings. The van der Waals surface area contributed by atoms with Crippen molar-refractivity contribution in [2.45, 2.75) is 26.3 Å². The van der Waals surface area contributed by atoms with E-state index in [0.717, 1.165) is 23.6 Å². The van der Waals surface area contributed by atoms with Gasteiger partial charge in [0.15, 0.2) is 0 Å². The molecule has 2 rings (SSSR count). The van der Waals surface area contributed by atoms with Crippen LogP contribution in [0, 0.1) is 0 Å². The van der Waals surface area contributed by atoms with Crippen molar-refractivity contribution in [2.75, 3.05) is 5.32 Å². The second kappa shape index (κ2) is 6.10. The van der Waals surface area contributed by atoms with Crippen LogP contribution in [-0.4, -0.2) is 6.04 Å². The number of rotatable bonds is 5. The molecule has 0 aromatic heterocycles. The summed E-state index contributed by atoms with van der Waals surface area (Å²) < 4.78 is 5.74. The lowest BCUT2D eigenvalue weighted by Gasteiger charge is -2.13. The first kappa shape index (κ1) is 12.5. The van der Waals surface area contributed by atoms with Crippen LogP contribution in [0.15, 0.2) is 54.6 Å². The quantitative estimate of drug-likeness (QED) is 0.820. The predicted octanol–water partition coefficient (Wildman–Crippen LogP) is 4.69. The third-order valence-electron chi connectivity index (χ3n) is 2.86. The molecule has 0 saturated heterocycles. The van der Waals surface area contributed by atoms with Crippen molar-refractivity contribution in [1.29, 1.82) is 0 Å². The summed E-state index contributed by atoms with van der Waals surface area (Å²) in [5, 5.41) is 3.43. The van der Waals surface area contributed by atoms with Crippen molar-refractivity contribution in [3.05, 3.63) is 54.6 Å². The van der Waals surface area contributed by atoms with Crippen LogP contribution < -0.4 is 10.1 Å². The van der Waals surface area contributed by atoms with Gasteiger partial charge in [0.1, 0.15) is 11.5 Å². The normalized spacial score (nSPS) is 11.9. The first-order chi connectivity index (χ1) is 8.78. The molecule has 0 aliphatic rings. The van der Waals surface area contributed by atoms with E-state index >= 15 is 0 Å². The Hall–Kier alpha value is -1.96. The molecule has 0 aliphatic heterocycles. The van der Waals surface area contributed by atoms with E-state index in [1.165, 1.54) is 0 Å². The van der Waals surface area contributed by atoms with Crippen molar-refractivity contribution >= 4 is 5.69 Å². The molecule has 0 amide bonds. The fraction of sp³-hybridized carbons (Fsp3) is 0.250. The van der Waals surface area contributed by atoms with Gasteiger partial charge in [-0.3, -0.25) is 0 Å². The van der Waals surface area contributed by atoms with Crippen molar-refractivity contribution in [1.82, 2.24) is 0 Å². The van der Waals surface area contributed by atoms with Crippen LogP contribution in [-0.2, 0) is 0 Å². The summed E-state index contributed by atoms with van der Waals surface area (Å²) in [5.41, 5.74) is 1.13. The van der Waals surface area contributed by atoms with Crippen LogP contribution in [0.3, 0.4) is 0 Å². The molecule has 0 radical (unpaired) electrons. The molecular formula is C16H19NO. The fourth-order valence-electron chi connectivity index (χ4n) is 1.63. The minimum Gasteiger partial charge on any atom is -0.457 e. The smallest absolute Gasteiger partial charge is 0.127 e. The highest BCUT2D eigenvalue weighted by atomic mass is 16.5. The molecule has 18 heavy (non-hydrogen) atoms. The SMILES string of the molecule is CCC(C)Nc1ccc(Oc2ccccc2)cc1. The number of para-hydroxylation sites is 1. The van der Waals surface area contributed by atoms with Gasteiger partial charge in [-0.15, -0.1) is 0 Å². The van der Waals surface area contributed by atoms with Crippen LogP contribution in [0.1, 0.15) is 20.3 Å². The molecular weight excluding hydrogens is 222 g/mol. The van der Waals surface area contributed by atoms with Gasteiger partial charge >= 0.3 is 0 Å². The average molecular weight is 241 g/mol. The van der Waals surface area contributed by atoms with Gasteiger partial charge in [-0.1, -0.05) is 25.1 Å². The Labute approximate surface area is 109 Å². The standard InChI is InChI=1S/C16H19NO/c1-3-13(2)17-14-9-11-16(12-10-14)18-15-7-5-4-6-8-15/h4-13,17H,3H2,1-2H3. The minimum atomic E-state index is 0.492. The molecule has 2 aromatic carbocycles. The summed E-state index contributed by atoms with van der Waals surface area (Å²) >= 11 is 0. The van der Waals surface area contributed by atoms with Crippen LogP contribution in [0.2, 0.25) is 0 Å². The number of nitrogens with one attached hydrogen (secondary N) is 1. The van der Waals surface area contributed by atoms with Gasteiger partial charge in [0.25, 0.3) is 0 Å². The fourth-order valence-corrected chi connectivity index (χ4v) is 1.63. The van der Waals surface area contributed by atoms with E-state index in [0.29, 0.717) is 6.04 Å². The number of anilines is 1. The molecule has 1 N–H and O–H groups in total. The molecule has 0 fully saturated rings. The predicted molar refractivity (Wildman–Crippen MR) is 76.3 cm³/mol. The van der Waals surface area contributed by atoms with E-state index in [1.54, 1.807) is 0 Å². The van der Waals surface area contributed by atoms with Gasteiger partial charge in [-0.2, -0.15) is 0 Å². The maximum Gasteiger partial charge on any atom is 0.127 e. The summed E-state index contributed by atoms with van der Waals surface area (Å²) in [6.45, 7) is 4.35. The van der Waals surface area contributed by atoms with Crippen LogP contribution >= 0.6 is 0 Å². The largest absolute Gasteiger partial charge is 0.457 e. The molecule has 0 saturated carbocycles. The van der Waals surface area contributed by atoms with E-state index < -0.39 is 0 Å². The molecule has 2 heteroatoms. The van der Waals surface area contributed by atoms with Crippen LogP contribution in [0.25, 0.3) is 0 Å². The van der Waals surface area contributed by atoms with Gasteiger partial charge in [0.2, 0.25) is 0 Å². The molecule has 94 valence electrons. The Morgan fingerprint density at radius 1 is 0.944 bits per heavy atom. The summed E-state index contributed by atoms with van der Waals surface area (Å²) in [6.07, 6.45) is 1.11. The van der Waals surface area contributed by atoms with Crippen molar-refractivity contribution in [3.8, 4) is 11.5 Å². The highest BCUT2D eigenvalue weighted by Gasteiger charge is 2.00. The zero-order chi connectivity index (χ0) is 12.8. The number of hydrogen-bond donors (Lipinski definition) is 1. The lowest BCUT2D eigenvalue weighted by molar-refractivity contribution is 0.483. The van der Waals surface area contributed by atoms with E-state index in [-0.39, 0.29) is 0 Å². The molecule has 2 nitrogen and oxygen atoms in total. The Morgan fingerprint density at radius 3 is 2.17 bits per heavy atom. The molecule has 0 spiro atoms.